The van der Waals surface area contributed by atoms with Crippen molar-refractivity contribution in [2.45, 2.75) is 30.0 Å². The topological polar surface area (TPSA) is 104 Å². The number of benzene rings is 3. The van der Waals surface area contributed by atoms with E-state index in [4.69, 9.17) is 9.47 Å². The molecule has 2 atom stereocenters. The van der Waals surface area contributed by atoms with Crippen molar-refractivity contribution in [3.8, 4) is 17.2 Å². The van der Waals surface area contributed by atoms with Crippen LogP contribution in [0.4, 0.5) is 22.7 Å². The van der Waals surface area contributed by atoms with Gasteiger partial charge >= 0.3 is 6.18 Å². The molecule has 2 aromatic heterocycles. The van der Waals surface area contributed by atoms with Crippen LogP contribution in [0.3, 0.4) is 0 Å². The van der Waals surface area contributed by atoms with Crippen LogP contribution in [0.1, 0.15) is 23.5 Å². The third-order valence-electron chi connectivity index (χ3n) is 7.65. The molecule has 234 valence electrons. The third kappa shape index (κ3) is 5.73. The van der Waals surface area contributed by atoms with Crippen molar-refractivity contribution in [2.24, 2.45) is 5.92 Å². The van der Waals surface area contributed by atoms with Gasteiger partial charge in [0.1, 0.15) is 23.6 Å². The summed E-state index contributed by atoms with van der Waals surface area (Å²) in [6.07, 6.45) is -3.44. The number of pyridine rings is 1. The third-order valence-corrected chi connectivity index (χ3v) is 10.2. The molecular formula is C30H24F4N4O5S2. The lowest BCUT2D eigenvalue weighted by Gasteiger charge is -2.22. The summed E-state index contributed by atoms with van der Waals surface area (Å²) in [5.41, 5.74) is 0.120. The van der Waals surface area contributed by atoms with Crippen LogP contribution in [-0.2, 0) is 16.6 Å². The summed E-state index contributed by atoms with van der Waals surface area (Å²) in [7, 11) is -1.43. The zero-order chi connectivity index (χ0) is 32.1. The van der Waals surface area contributed by atoms with Crippen LogP contribution in [0.15, 0.2) is 82.7 Å². The average Bonchev–Trinajstić information content (AvgIpc) is 3.66. The zero-order valence-corrected chi connectivity index (χ0v) is 25.3. The number of alkyl halides is 3. The molecule has 0 unspecified atom stereocenters. The second kappa shape index (κ2) is 11.5. The summed E-state index contributed by atoms with van der Waals surface area (Å²) in [6, 6.07) is 15.7. The number of halogens is 4. The number of aromatic nitrogens is 3. The van der Waals surface area contributed by atoms with Crippen LogP contribution in [0.2, 0.25) is 0 Å². The minimum absolute atomic E-state index is 0.00698. The first kappa shape index (κ1) is 30.5. The lowest BCUT2D eigenvalue weighted by atomic mass is 10.1. The number of anilines is 1. The van der Waals surface area contributed by atoms with Gasteiger partial charge < -0.3 is 9.47 Å². The Morgan fingerprint density at radius 2 is 1.78 bits per heavy atom. The number of methoxy groups -OCH3 is 2. The first-order valence-corrected chi connectivity index (χ1v) is 15.7. The highest BCUT2D eigenvalue weighted by molar-refractivity contribution is 7.93. The van der Waals surface area contributed by atoms with Crippen LogP contribution < -0.4 is 19.3 Å². The molecule has 9 nitrogen and oxygen atoms in total. The normalized spacial score (nSPS) is 16.5. The minimum Gasteiger partial charge on any atom is -0.497 e. The van der Waals surface area contributed by atoms with Crippen LogP contribution in [-0.4, -0.2) is 42.7 Å². The number of hydrogen-bond acceptors (Lipinski definition) is 8. The number of ether oxygens (including phenoxy) is 2. The molecular weight excluding hydrogens is 636 g/mol. The van der Waals surface area contributed by atoms with Crippen LogP contribution in [0.5, 0.6) is 11.5 Å². The highest BCUT2D eigenvalue weighted by Crippen LogP contribution is 2.57. The number of rotatable bonds is 9. The van der Waals surface area contributed by atoms with E-state index >= 15 is 4.39 Å². The van der Waals surface area contributed by atoms with E-state index in [0.717, 1.165) is 26.5 Å². The van der Waals surface area contributed by atoms with Crippen molar-refractivity contribution >= 4 is 37.6 Å². The molecule has 0 spiro atoms. The Bertz CT molecular complexity index is 2050. The summed E-state index contributed by atoms with van der Waals surface area (Å²) in [5, 5.41) is 0.461. The predicted octanol–water partition coefficient (Wildman–Crippen LogP) is 6.06. The maximum atomic E-state index is 15.3. The number of hydrogen-bond donors (Lipinski definition) is 0. The van der Waals surface area contributed by atoms with Crippen LogP contribution in [0.25, 0.3) is 16.6 Å². The zero-order valence-electron chi connectivity index (χ0n) is 23.7. The summed E-state index contributed by atoms with van der Waals surface area (Å²) in [5.74, 6) is -3.00. The number of nitrogens with zero attached hydrogens (tertiary/aromatic N) is 4. The fourth-order valence-electron chi connectivity index (χ4n) is 5.27. The molecule has 1 fully saturated rings. The van der Waals surface area contributed by atoms with Gasteiger partial charge in [0.05, 0.1) is 42.8 Å². The first-order valence-electron chi connectivity index (χ1n) is 13.4. The van der Waals surface area contributed by atoms with Crippen molar-refractivity contribution in [1.29, 1.82) is 0 Å². The molecule has 0 bridgehead atoms. The van der Waals surface area contributed by atoms with Gasteiger partial charge in [-0.3, -0.25) is 9.36 Å². The van der Waals surface area contributed by atoms with E-state index in [1.165, 1.54) is 56.9 Å². The van der Waals surface area contributed by atoms with Crippen molar-refractivity contribution in [2.75, 3.05) is 18.5 Å². The summed E-state index contributed by atoms with van der Waals surface area (Å²) < 4.78 is 99.6. The minimum atomic E-state index is -4.45. The molecule has 0 N–H and O–H groups in total. The molecule has 1 saturated carbocycles. The Balaban J connectivity index is 1.41. The number of fused-ring (bicyclic) bond motifs is 1. The van der Waals surface area contributed by atoms with E-state index in [0.29, 0.717) is 16.7 Å². The Morgan fingerprint density at radius 3 is 2.40 bits per heavy atom. The fourth-order valence-corrected chi connectivity index (χ4v) is 7.45. The van der Waals surface area contributed by atoms with E-state index < -0.39 is 39.4 Å². The van der Waals surface area contributed by atoms with Gasteiger partial charge in [-0.1, -0.05) is 12.1 Å². The molecule has 3 aromatic carbocycles. The van der Waals surface area contributed by atoms with E-state index in [1.807, 2.05) is 0 Å². The van der Waals surface area contributed by atoms with Gasteiger partial charge in [-0.2, -0.15) is 17.5 Å². The SMILES string of the molecule is COc1ccc(CN(c2ncns2)S(=O)(=O)c2ccc3c(ccc(=O)n3-c3cc(F)c([C@@H]4C[C@H]4C(F)(F)F)cc3OC)c2)cc1. The molecule has 15 heteroatoms. The molecule has 2 heterocycles. The fraction of sp³-hybridized carbons (Fsp3) is 0.233. The van der Waals surface area contributed by atoms with Gasteiger partial charge in [-0.15, -0.1) is 0 Å². The molecule has 45 heavy (non-hydrogen) atoms. The van der Waals surface area contributed by atoms with Crippen LogP contribution >= 0.6 is 11.5 Å². The molecule has 1 aliphatic rings. The quantitative estimate of drug-likeness (QED) is 0.177. The van der Waals surface area contributed by atoms with Gasteiger partial charge in [-0.25, -0.2) is 22.1 Å². The maximum Gasteiger partial charge on any atom is 0.392 e. The van der Waals surface area contributed by atoms with E-state index in [1.54, 1.807) is 24.3 Å². The summed E-state index contributed by atoms with van der Waals surface area (Å²) >= 11 is 0.903. The maximum absolute atomic E-state index is 15.3. The largest absolute Gasteiger partial charge is 0.497 e. The Labute approximate surface area is 258 Å². The molecule has 0 aliphatic heterocycles. The molecule has 5 aromatic rings. The predicted molar refractivity (Wildman–Crippen MR) is 159 cm³/mol. The highest BCUT2D eigenvalue weighted by Gasteiger charge is 2.57. The molecule has 6 rings (SSSR count). The average molecular weight is 661 g/mol. The lowest BCUT2D eigenvalue weighted by Crippen LogP contribution is -2.30. The Kier molecular flexibility index (Phi) is 7.77. The summed E-state index contributed by atoms with van der Waals surface area (Å²) in [4.78, 5) is 17.1. The van der Waals surface area contributed by atoms with Crippen molar-refractivity contribution in [3.05, 3.63) is 100 Å². The number of sulfonamides is 1. The second-order valence-electron chi connectivity index (χ2n) is 10.3. The monoisotopic (exact) mass is 660 g/mol. The van der Waals surface area contributed by atoms with Gasteiger partial charge in [0.2, 0.25) is 5.13 Å². The van der Waals surface area contributed by atoms with E-state index in [-0.39, 0.29) is 45.5 Å². The van der Waals surface area contributed by atoms with Gasteiger partial charge in [0, 0.05) is 29.1 Å². The first-order chi connectivity index (χ1) is 21.4. The van der Waals surface area contributed by atoms with Crippen molar-refractivity contribution in [1.82, 2.24) is 13.9 Å². The van der Waals surface area contributed by atoms with Crippen molar-refractivity contribution < 1.29 is 35.5 Å². The Hall–Kier alpha value is -4.50. The standard InChI is InChI=1S/C30H24F4N4O5S2/c1-42-19-6-3-17(4-7-19)15-37(29-35-16-36-44-29)45(40,41)20-8-9-25-18(11-20)5-10-28(39)38(25)26-14-24(31)22(13-27(26)43-2)21-12-23(21)30(32,33)34/h3-11,13-14,16,21,23H,12,15H2,1-2H3/t21-,23+/m0/s1. The second-order valence-corrected chi connectivity index (χ2v) is 13.0. The lowest BCUT2D eigenvalue weighted by molar-refractivity contribution is -0.148. The van der Waals surface area contributed by atoms with Gasteiger partial charge in [0.15, 0.2) is 0 Å². The Morgan fingerprint density at radius 1 is 1.02 bits per heavy atom. The molecule has 0 saturated heterocycles. The van der Waals surface area contributed by atoms with E-state index in [2.05, 4.69) is 9.36 Å². The van der Waals surface area contributed by atoms with Gasteiger partial charge in [-0.05, 0) is 65.9 Å². The van der Waals surface area contributed by atoms with Crippen molar-refractivity contribution in [3.63, 3.8) is 0 Å². The molecule has 0 radical (unpaired) electrons. The van der Waals surface area contributed by atoms with Crippen LogP contribution in [0, 0.1) is 11.7 Å². The summed E-state index contributed by atoms with van der Waals surface area (Å²) in [6.45, 7) is -0.0575. The highest BCUT2D eigenvalue weighted by atomic mass is 32.2. The van der Waals surface area contributed by atoms with E-state index in [9.17, 15) is 26.4 Å². The molecule has 0 amide bonds. The smallest absolute Gasteiger partial charge is 0.392 e. The molecule has 1 aliphatic carbocycles. The van der Waals surface area contributed by atoms with Gasteiger partial charge in [0.25, 0.3) is 15.6 Å².